The third-order valence-electron chi connectivity index (χ3n) is 4.57. The summed E-state index contributed by atoms with van der Waals surface area (Å²) in [6.07, 6.45) is 3.46. The highest BCUT2D eigenvalue weighted by atomic mass is 35.5. The van der Waals surface area contributed by atoms with E-state index in [2.05, 4.69) is 20.8 Å². The maximum absolute atomic E-state index is 14.0. The van der Waals surface area contributed by atoms with Gasteiger partial charge in [0, 0.05) is 29.5 Å². The van der Waals surface area contributed by atoms with Gasteiger partial charge < -0.3 is 5.43 Å². The molecule has 29 heavy (non-hydrogen) atoms. The van der Waals surface area contributed by atoms with E-state index >= 15 is 0 Å². The summed E-state index contributed by atoms with van der Waals surface area (Å²) < 4.78 is 15.8. The Hall–Kier alpha value is -3.00. The van der Waals surface area contributed by atoms with Gasteiger partial charge in [0.25, 0.3) is 0 Å². The second kappa shape index (κ2) is 7.11. The maximum atomic E-state index is 14.0. The molecule has 9 heteroatoms. The van der Waals surface area contributed by atoms with Crippen molar-refractivity contribution < 1.29 is 4.39 Å². The van der Waals surface area contributed by atoms with E-state index < -0.39 is 5.82 Å². The van der Waals surface area contributed by atoms with Gasteiger partial charge in [0.15, 0.2) is 5.84 Å². The van der Waals surface area contributed by atoms with Gasteiger partial charge in [-0.3, -0.25) is 4.40 Å². The Labute approximate surface area is 175 Å². The summed E-state index contributed by atoms with van der Waals surface area (Å²) in [5.74, 6) is 0.541. The fourth-order valence-corrected chi connectivity index (χ4v) is 3.67. The highest BCUT2D eigenvalue weighted by Gasteiger charge is 2.23. The number of amidine groups is 1. The van der Waals surface area contributed by atoms with Crippen LogP contribution < -0.4 is 10.9 Å². The number of fused-ring (bicyclic) bond motifs is 2. The van der Waals surface area contributed by atoms with E-state index in [1.807, 2.05) is 18.3 Å². The predicted octanol–water partition coefficient (Wildman–Crippen LogP) is 4.53. The monoisotopic (exact) mass is 426 g/mol. The van der Waals surface area contributed by atoms with Crippen LogP contribution in [0, 0.1) is 5.82 Å². The Morgan fingerprint density at radius 2 is 2.00 bits per heavy atom. The van der Waals surface area contributed by atoms with Gasteiger partial charge in [-0.2, -0.15) is 0 Å². The summed E-state index contributed by atoms with van der Waals surface area (Å²) in [5, 5.41) is 1.01. The van der Waals surface area contributed by atoms with Gasteiger partial charge in [-0.05, 0) is 48.0 Å². The van der Waals surface area contributed by atoms with Crippen LogP contribution in [0.5, 0.6) is 0 Å². The van der Waals surface area contributed by atoms with Gasteiger partial charge >= 0.3 is 0 Å². The number of imidazole rings is 1. The lowest BCUT2D eigenvalue weighted by molar-refractivity contribution is 0.628. The fourth-order valence-electron chi connectivity index (χ4n) is 3.27. The number of rotatable bonds is 2. The molecule has 2 aromatic heterocycles. The number of halogens is 3. The first-order valence-corrected chi connectivity index (χ1v) is 9.50. The van der Waals surface area contributed by atoms with Crippen molar-refractivity contribution >= 4 is 40.5 Å². The summed E-state index contributed by atoms with van der Waals surface area (Å²) in [6.45, 7) is 0.522. The van der Waals surface area contributed by atoms with Gasteiger partial charge in [0.2, 0.25) is 5.78 Å². The molecule has 6 nitrogen and oxygen atoms in total. The molecule has 2 N–H and O–H groups in total. The topological polar surface area (TPSA) is 66.6 Å². The predicted molar refractivity (Wildman–Crippen MR) is 111 cm³/mol. The van der Waals surface area contributed by atoms with Crippen LogP contribution in [0.2, 0.25) is 10.0 Å². The number of hydrazine groups is 1. The second-order valence-corrected chi connectivity index (χ2v) is 7.28. The van der Waals surface area contributed by atoms with Gasteiger partial charge in [-0.1, -0.05) is 23.2 Å². The summed E-state index contributed by atoms with van der Waals surface area (Å²) in [6, 6.07) is 11.4. The molecule has 1 aliphatic heterocycles. The SMILES string of the molecule is Fc1ccc(Cl)c(-c2nc3ncccn3c2C2=Nc3ccc(Cl)cc3CNN2)c1. The first-order valence-electron chi connectivity index (χ1n) is 8.75. The Bertz CT molecular complexity index is 1280. The van der Waals surface area contributed by atoms with E-state index in [-0.39, 0.29) is 0 Å². The Morgan fingerprint density at radius 1 is 1.10 bits per heavy atom. The molecule has 0 amide bonds. The molecule has 0 unspecified atom stereocenters. The lowest BCUT2D eigenvalue weighted by Crippen LogP contribution is -2.37. The van der Waals surface area contributed by atoms with Crippen LogP contribution in [0.15, 0.2) is 59.9 Å². The standard InChI is InChI=1S/C20H13Cl2FN6/c21-12-2-5-16-11(8-12)10-25-28-19(26-16)18-17(14-9-13(23)3-4-15(14)22)27-20-24-6-1-7-29(18)20/h1-9,25H,10H2,(H,26,28). The zero-order valence-electron chi connectivity index (χ0n) is 14.8. The zero-order valence-corrected chi connectivity index (χ0v) is 16.3. The van der Waals surface area contributed by atoms with Crippen LogP contribution in [0.1, 0.15) is 11.3 Å². The molecular weight excluding hydrogens is 414 g/mol. The number of hydrogen-bond acceptors (Lipinski definition) is 5. The number of nitrogens with zero attached hydrogens (tertiary/aromatic N) is 4. The van der Waals surface area contributed by atoms with Crippen LogP contribution >= 0.6 is 23.2 Å². The second-order valence-electron chi connectivity index (χ2n) is 6.43. The lowest BCUT2D eigenvalue weighted by Gasteiger charge is -2.10. The Morgan fingerprint density at radius 3 is 2.90 bits per heavy atom. The highest BCUT2D eigenvalue weighted by molar-refractivity contribution is 6.33. The van der Waals surface area contributed by atoms with Gasteiger partial charge in [-0.25, -0.2) is 24.8 Å². The van der Waals surface area contributed by atoms with Crippen molar-refractivity contribution in [1.82, 2.24) is 25.2 Å². The van der Waals surface area contributed by atoms with Crippen LogP contribution in [-0.2, 0) is 6.54 Å². The molecule has 4 aromatic rings. The molecule has 0 radical (unpaired) electrons. The van der Waals surface area contributed by atoms with E-state index in [0.717, 1.165) is 11.3 Å². The molecule has 0 aliphatic carbocycles. The third-order valence-corrected chi connectivity index (χ3v) is 5.14. The van der Waals surface area contributed by atoms with Gasteiger partial charge in [0.1, 0.15) is 17.2 Å². The number of nitrogens with one attached hydrogen (secondary N) is 2. The van der Waals surface area contributed by atoms with Crippen molar-refractivity contribution in [3.05, 3.63) is 82.0 Å². The first-order chi connectivity index (χ1) is 14.1. The summed E-state index contributed by atoms with van der Waals surface area (Å²) in [7, 11) is 0. The van der Waals surface area contributed by atoms with Crippen molar-refractivity contribution in [2.45, 2.75) is 6.54 Å². The van der Waals surface area contributed by atoms with E-state index in [1.54, 1.807) is 22.7 Å². The van der Waals surface area contributed by atoms with E-state index in [0.29, 0.717) is 45.2 Å². The molecule has 0 spiro atoms. The van der Waals surface area contributed by atoms with Crippen molar-refractivity contribution in [1.29, 1.82) is 0 Å². The van der Waals surface area contributed by atoms with Gasteiger partial charge in [-0.15, -0.1) is 0 Å². The average molecular weight is 427 g/mol. The van der Waals surface area contributed by atoms with E-state index in [9.17, 15) is 4.39 Å². The van der Waals surface area contributed by atoms with E-state index in [4.69, 9.17) is 28.2 Å². The average Bonchev–Trinajstić information content (AvgIpc) is 2.97. The molecular formula is C20H13Cl2FN6. The van der Waals surface area contributed by atoms with Crippen LogP contribution in [-0.4, -0.2) is 20.2 Å². The molecule has 5 rings (SSSR count). The maximum Gasteiger partial charge on any atom is 0.234 e. The van der Waals surface area contributed by atoms with Crippen molar-refractivity contribution in [2.24, 2.45) is 4.99 Å². The minimum atomic E-state index is -0.408. The molecule has 0 bridgehead atoms. The van der Waals surface area contributed by atoms with Gasteiger partial charge in [0.05, 0.1) is 10.7 Å². The number of aromatic nitrogens is 3. The minimum Gasteiger partial charge on any atom is -0.304 e. The Balaban J connectivity index is 1.78. The Kier molecular flexibility index (Phi) is 4.43. The normalized spacial score (nSPS) is 13.6. The zero-order chi connectivity index (χ0) is 20.0. The number of aliphatic imine (C=N–C) groups is 1. The molecule has 0 saturated carbocycles. The van der Waals surface area contributed by atoms with Crippen molar-refractivity contribution in [2.75, 3.05) is 0 Å². The molecule has 1 aliphatic rings. The third kappa shape index (κ3) is 3.23. The smallest absolute Gasteiger partial charge is 0.234 e. The van der Waals surface area contributed by atoms with Crippen LogP contribution in [0.3, 0.4) is 0 Å². The molecule has 0 fully saturated rings. The molecule has 2 aromatic carbocycles. The van der Waals surface area contributed by atoms with Crippen LogP contribution in [0.25, 0.3) is 17.0 Å². The van der Waals surface area contributed by atoms with Crippen molar-refractivity contribution in [3.63, 3.8) is 0 Å². The quantitative estimate of drug-likeness (QED) is 0.494. The molecule has 3 heterocycles. The number of benzene rings is 2. The minimum absolute atomic E-state index is 0.380. The summed E-state index contributed by atoms with van der Waals surface area (Å²) in [5.41, 5.74) is 9.49. The first kappa shape index (κ1) is 18.1. The summed E-state index contributed by atoms with van der Waals surface area (Å²) in [4.78, 5) is 13.7. The van der Waals surface area contributed by atoms with E-state index in [1.165, 1.54) is 18.2 Å². The molecule has 0 saturated heterocycles. The fraction of sp³-hybridized carbons (Fsp3) is 0.0500. The van der Waals surface area contributed by atoms with Crippen molar-refractivity contribution in [3.8, 4) is 11.3 Å². The lowest BCUT2D eigenvalue weighted by atomic mass is 10.1. The number of hydrogen-bond donors (Lipinski definition) is 2. The van der Waals surface area contributed by atoms with Crippen LogP contribution in [0.4, 0.5) is 10.1 Å². The summed E-state index contributed by atoms with van der Waals surface area (Å²) >= 11 is 12.5. The largest absolute Gasteiger partial charge is 0.304 e. The molecule has 0 atom stereocenters. The molecule has 144 valence electrons. The highest BCUT2D eigenvalue weighted by Crippen LogP contribution is 2.32.